The fourth-order valence-corrected chi connectivity index (χ4v) is 2.73. The SMILES string of the molecule is CC(C)(C)c1csc(CCNCc2cccnc2)n1. The van der Waals surface area contributed by atoms with E-state index in [9.17, 15) is 0 Å². The Labute approximate surface area is 119 Å². The van der Waals surface area contributed by atoms with Gasteiger partial charge in [-0.25, -0.2) is 4.98 Å². The first kappa shape index (κ1) is 14.2. The summed E-state index contributed by atoms with van der Waals surface area (Å²) in [6, 6.07) is 4.05. The van der Waals surface area contributed by atoms with Gasteiger partial charge in [0.1, 0.15) is 0 Å². The van der Waals surface area contributed by atoms with Crippen molar-refractivity contribution in [2.24, 2.45) is 0 Å². The predicted molar refractivity (Wildman–Crippen MR) is 80.5 cm³/mol. The van der Waals surface area contributed by atoms with E-state index in [0.717, 1.165) is 19.5 Å². The zero-order chi connectivity index (χ0) is 13.7. The van der Waals surface area contributed by atoms with E-state index in [1.807, 2.05) is 12.3 Å². The van der Waals surface area contributed by atoms with Crippen molar-refractivity contribution >= 4 is 11.3 Å². The van der Waals surface area contributed by atoms with E-state index >= 15 is 0 Å². The van der Waals surface area contributed by atoms with E-state index in [-0.39, 0.29) is 5.41 Å². The van der Waals surface area contributed by atoms with Crippen molar-refractivity contribution in [2.75, 3.05) is 6.54 Å². The summed E-state index contributed by atoms with van der Waals surface area (Å²) in [5.41, 5.74) is 2.56. The lowest BCUT2D eigenvalue weighted by Crippen LogP contribution is -2.17. The Morgan fingerprint density at radius 2 is 2.16 bits per heavy atom. The van der Waals surface area contributed by atoms with Gasteiger partial charge in [-0.3, -0.25) is 4.98 Å². The van der Waals surface area contributed by atoms with Crippen LogP contribution < -0.4 is 5.32 Å². The number of thiazole rings is 1. The molecule has 0 spiro atoms. The van der Waals surface area contributed by atoms with E-state index in [4.69, 9.17) is 4.98 Å². The van der Waals surface area contributed by atoms with Crippen LogP contribution in [0.25, 0.3) is 0 Å². The van der Waals surface area contributed by atoms with Crippen LogP contribution >= 0.6 is 11.3 Å². The average molecular weight is 275 g/mol. The number of nitrogens with zero attached hydrogens (tertiary/aromatic N) is 2. The van der Waals surface area contributed by atoms with Crippen molar-refractivity contribution < 1.29 is 0 Å². The van der Waals surface area contributed by atoms with Crippen LogP contribution in [0.5, 0.6) is 0 Å². The van der Waals surface area contributed by atoms with Crippen LogP contribution in [0.4, 0.5) is 0 Å². The highest BCUT2D eigenvalue weighted by atomic mass is 32.1. The van der Waals surface area contributed by atoms with Gasteiger partial charge in [0.05, 0.1) is 10.7 Å². The first-order chi connectivity index (χ1) is 9.05. The normalized spacial score (nSPS) is 11.7. The van der Waals surface area contributed by atoms with Crippen LogP contribution in [0.1, 0.15) is 37.0 Å². The molecule has 0 aliphatic carbocycles. The van der Waals surface area contributed by atoms with Gasteiger partial charge in [-0.05, 0) is 11.6 Å². The number of rotatable bonds is 5. The lowest BCUT2D eigenvalue weighted by atomic mass is 9.93. The predicted octanol–water partition coefficient (Wildman–Crippen LogP) is 3.17. The first-order valence-electron chi connectivity index (χ1n) is 6.60. The van der Waals surface area contributed by atoms with Crippen LogP contribution in [0.15, 0.2) is 29.9 Å². The number of hydrogen-bond acceptors (Lipinski definition) is 4. The molecular weight excluding hydrogens is 254 g/mol. The summed E-state index contributed by atoms with van der Waals surface area (Å²) in [6.45, 7) is 8.42. The quantitative estimate of drug-likeness (QED) is 0.852. The second kappa shape index (κ2) is 6.26. The molecule has 2 aromatic rings. The van der Waals surface area contributed by atoms with Gasteiger partial charge in [0.25, 0.3) is 0 Å². The summed E-state index contributed by atoms with van der Waals surface area (Å²) in [5, 5.41) is 6.81. The molecule has 102 valence electrons. The Morgan fingerprint density at radius 3 is 2.79 bits per heavy atom. The molecule has 19 heavy (non-hydrogen) atoms. The molecule has 1 N–H and O–H groups in total. The highest BCUT2D eigenvalue weighted by molar-refractivity contribution is 7.09. The maximum Gasteiger partial charge on any atom is 0.0941 e. The van der Waals surface area contributed by atoms with Gasteiger partial charge in [-0.2, -0.15) is 0 Å². The van der Waals surface area contributed by atoms with E-state index < -0.39 is 0 Å². The smallest absolute Gasteiger partial charge is 0.0941 e. The molecule has 0 saturated heterocycles. The molecule has 0 aliphatic heterocycles. The van der Waals surface area contributed by atoms with Gasteiger partial charge in [0, 0.05) is 42.7 Å². The van der Waals surface area contributed by atoms with Gasteiger partial charge in [-0.15, -0.1) is 11.3 Å². The molecule has 0 bridgehead atoms. The monoisotopic (exact) mass is 275 g/mol. The summed E-state index contributed by atoms with van der Waals surface area (Å²) in [5.74, 6) is 0. The molecule has 0 aliphatic rings. The summed E-state index contributed by atoms with van der Waals surface area (Å²) in [4.78, 5) is 8.79. The van der Waals surface area contributed by atoms with Crippen molar-refractivity contribution in [1.29, 1.82) is 0 Å². The Bertz CT molecular complexity index is 500. The van der Waals surface area contributed by atoms with E-state index in [1.54, 1.807) is 17.5 Å². The number of aromatic nitrogens is 2. The van der Waals surface area contributed by atoms with E-state index in [1.165, 1.54) is 16.3 Å². The third-order valence-corrected chi connectivity index (χ3v) is 3.80. The second-order valence-electron chi connectivity index (χ2n) is 5.66. The lowest BCUT2D eigenvalue weighted by molar-refractivity contribution is 0.569. The number of pyridine rings is 1. The Hall–Kier alpha value is -1.26. The van der Waals surface area contributed by atoms with Crippen molar-refractivity contribution in [3.63, 3.8) is 0 Å². The van der Waals surface area contributed by atoms with Crippen LogP contribution in [0.2, 0.25) is 0 Å². The molecule has 0 atom stereocenters. The molecule has 2 heterocycles. The molecule has 0 saturated carbocycles. The highest BCUT2D eigenvalue weighted by Gasteiger charge is 2.16. The summed E-state index contributed by atoms with van der Waals surface area (Å²) in [7, 11) is 0. The lowest BCUT2D eigenvalue weighted by Gasteiger charge is -2.14. The molecule has 0 amide bonds. The minimum atomic E-state index is 0.151. The zero-order valence-electron chi connectivity index (χ0n) is 11.8. The molecular formula is C15H21N3S. The highest BCUT2D eigenvalue weighted by Crippen LogP contribution is 2.23. The molecule has 2 rings (SSSR count). The van der Waals surface area contributed by atoms with Crippen LogP contribution in [-0.4, -0.2) is 16.5 Å². The van der Waals surface area contributed by atoms with Crippen molar-refractivity contribution in [2.45, 2.75) is 39.2 Å². The largest absolute Gasteiger partial charge is 0.312 e. The van der Waals surface area contributed by atoms with Gasteiger partial charge in [0.2, 0.25) is 0 Å². The molecule has 3 nitrogen and oxygen atoms in total. The van der Waals surface area contributed by atoms with Crippen molar-refractivity contribution in [3.05, 3.63) is 46.2 Å². The Morgan fingerprint density at radius 1 is 1.32 bits per heavy atom. The molecule has 4 heteroatoms. The van der Waals surface area contributed by atoms with Gasteiger partial charge in [0.15, 0.2) is 0 Å². The van der Waals surface area contributed by atoms with Crippen LogP contribution in [0.3, 0.4) is 0 Å². The molecule has 0 radical (unpaired) electrons. The number of nitrogens with one attached hydrogen (secondary N) is 1. The Balaban J connectivity index is 1.76. The van der Waals surface area contributed by atoms with Gasteiger partial charge in [-0.1, -0.05) is 26.8 Å². The standard InChI is InChI=1S/C15H21N3S/c1-15(2,3)13-11-19-14(18-13)6-8-17-10-12-5-4-7-16-9-12/h4-5,7,9,11,17H,6,8,10H2,1-3H3. The van der Waals surface area contributed by atoms with Crippen molar-refractivity contribution in [1.82, 2.24) is 15.3 Å². The van der Waals surface area contributed by atoms with Crippen LogP contribution in [0, 0.1) is 0 Å². The first-order valence-corrected chi connectivity index (χ1v) is 7.48. The van der Waals surface area contributed by atoms with E-state index in [2.05, 4.69) is 42.5 Å². The molecule has 0 aromatic carbocycles. The molecule has 2 aromatic heterocycles. The Kier molecular flexibility index (Phi) is 4.66. The molecule has 0 fully saturated rings. The van der Waals surface area contributed by atoms with E-state index in [0.29, 0.717) is 0 Å². The summed E-state index contributed by atoms with van der Waals surface area (Å²) < 4.78 is 0. The third-order valence-electron chi connectivity index (χ3n) is 2.89. The summed E-state index contributed by atoms with van der Waals surface area (Å²) >= 11 is 1.76. The van der Waals surface area contributed by atoms with Crippen molar-refractivity contribution in [3.8, 4) is 0 Å². The zero-order valence-corrected chi connectivity index (χ0v) is 12.6. The maximum absolute atomic E-state index is 4.69. The molecule has 0 unspecified atom stereocenters. The minimum absolute atomic E-state index is 0.151. The average Bonchev–Trinajstić information content (AvgIpc) is 2.85. The summed E-state index contributed by atoms with van der Waals surface area (Å²) in [6.07, 6.45) is 4.68. The minimum Gasteiger partial charge on any atom is -0.312 e. The number of hydrogen-bond donors (Lipinski definition) is 1. The fourth-order valence-electron chi connectivity index (χ4n) is 1.70. The topological polar surface area (TPSA) is 37.8 Å². The van der Waals surface area contributed by atoms with Gasteiger partial charge >= 0.3 is 0 Å². The fraction of sp³-hybridized carbons (Fsp3) is 0.467. The maximum atomic E-state index is 4.69. The third kappa shape index (κ3) is 4.40. The second-order valence-corrected chi connectivity index (χ2v) is 6.61. The van der Waals surface area contributed by atoms with Gasteiger partial charge < -0.3 is 5.32 Å². The van der Waals surface area contributed by atoms with Crippen LogP contribution in [-0.2, 0) is 18.4 Å².